The number of carbonyl (C=O) groups is 2. The molecule has 0 bridgehead atoms. The first-order valence-electron chi connectivity index (χ1n) is 10.5. The average molecular weight is 513 g/mol. The summed E-state index contributed by atoms with van der Waals surface area (Å²) >= 11 is 7.67. The summed E-state index contributed by atoms with van der Waals surface area (Å²) < 4.78 is 17.3. The van der Waals surface area contributed by atoms with Crippen molar-refractivity contribution in [2.75, 3.05) is 14.2 Å². The van der Waals surface area contributed by atoms with Crippen molar-refractivity contribution >= 4 is 41.0 Å². The third-order valence-electron chi connectivity index (χ3n) is 5.37. The molecule has 0 fully saturated rings. The highest BCUT2D eigenvalue weighted by atomic mass is 35.5. The number of thiazole rings is 1. The molecule has 0 saturated carbocycles. The van der Waals surface area contributed by atoms with Gasteiger partial charge < -0.3 is 14.2 Å². The number of rotatable bonds is 5. The minimum atomic E-state index is -0.796. The van der Waals surface area contributed by atoms with Gasteiger partial charge in [0.25, 0.3) is 5.56 Å². The van der Waals surface area contributed by atoms with Crippen molar-refractivity contribution in [3.8, 4) is 11.5 Å². The second kappa shape index (κ2) is 9.89. The van der Waals surface area contributed by atoms with Gasteiger partial charge in [-0.25, -0.2) is 9.79 Å². The van der Waals surface area contributed by atoms with Crippen LogP contribution in [0.5, 0.6) is 11.5 Å². The summed E-state index contributed by atoms with van der Waals surface area (Å²) in [5.74, 6) is -0.438. The summed E-state index contributed by atoms with van der Waals surface area (Å²) in [4.78, 5) is 42.6. The number of fused-ring (bicyclic) bond motifs is 1. The smallest absolute Gasteiger partial charge is 0.338 e. The van der Waals surface area contributed by atoms with Crippen LogP contribution in [0, 0.1) is 0 Å². The maximum atomic E-state index is 13.6. The van der Waals surface area contributed by atoms with Crippen molar-refractivity contribution in [3.63, 3.8) is 0 Å². The summed E-state index contributed by atoms with van der Waals surface area (Å²) in [5, 5.41) is 0.411. The third-order valence-corrected chi connectivity index (χ3v) is 6.69. The van der Waals surface area contributed by atoms with Crippen molar-refractivity contribution < 1.29 is 23.8 Å². The van der Waals surface area contributed by atoms with E-state index in [9.17, 15) is 14.4 Å². The van der Waals surface area contributed by atoms with E-state index in [1.54, 1.807) is 55.5 Å². The van der Waals surface area contributed by atoms with Crippen molar-refractivity contribution in [2.45, 2.75) is 19.9 Å². The van der Waals surface area contributed by atoms with E-state index < -0.39 is 18.0 Å². The highest BCUT2D eigenvalue weighted by Gasteiger charge is 2.34. The Bertz CT molecular complexity index is 1550. The highest BCUT2D eigenvalue weighted by molar-refractivity contribution is 7.07. The van der Waals surface area contributed by atoms with E-state index in [4.69, 9.17) is 25.8 Å². The largest absolute Gasteiger partial charge is 0.493 e. The fourth-order valence-electron chi connectivity index (χ4n) is 3.85. The Hall–Kier alpha value is -3.69. The number of ether oxygens (including phenoxy) is 3. The van der Waals surface area contributed by atoms with Crippen LogP contribution in [0.25, 0.3) is 6.08 Å². The van der Waals surface area contributed by atoms with E-state index in [0.29, 0.717) is 36.9 Å². The zero-order valence-corrected chi connectivity index (χ0v) is 20.9. The number of carbonyl (C=O) groups excluding carboxylic acids is 2. The molecule has 0 saturated heterocycles. The summed E-state index contributed by atoms with van der Waals surface area (Å²) in [6.07, 6.45) is 1.69. The molecular weight excluding hydrogens is 492 g/mol. The topological polar surface area (TPSA) is 96.2 Å². The van der Waals surface area contributed by atoms with E-state index in [2.05, 4.69) is 4.99 Å². The van der Waals surface area contributed by atoms with Gasteiger partial charge >= 0.3 is 11.9 Å². The van der Waals surface area contributed by atoms with E-state index in [0.717, 1.165) is 0 Å². The molecule has 0 N–H and O–H groups in total. The van der Waals surface area contributed by atoms with Gasteiger partial charge in [0, 0.05) is 11.9 Å². The lowest BCUT2D eigenvalue weighted by atomic mass is 9.96. The van der Waals surface area contributed by atoms with Gasteiger partial charge in [-0.3, -0.25) is 14.2 Å². The molecule has 10 heteroatoms. The van der Waals surface area contributed by atoms with E-state index in [1.165, 1.54) is 37.0 Å². The molecule has 180 valence electrons. The predicted molar refractivity (Wildman–Crippen MR) is 132 cm³/mol. The van der Waals surface area contributed by atoms with Crippen LogP contribution in [-0.2, 0) is 14.3 Å². The summed E-state index contributed by atoms with van der Waals surface area (Å²) in [5.41, 5.74) is 1.59. The lowest BCUT2D eigenvalue weighted by Gasteiger charge is -2.25. The Morgan fingerprint density at radius 3 is 2.54 bits per heavy atom. The maximum absolute atomic E-state index is 13.6. The van der Waals surface area contributed by atoms with Gasteiger partial charge in [0.05, 0.1) is 30.0 Å². The monoisotopic (exact) mass is 512 g/mol. The highest BCUT2D eigenvalue weighted by Crippen LogP contribution is 2.34. The minimum absolute atomic E-state index is 0.243. The second-order valence-corrected chi connectivity index (χ2v) is 9.02. The molecule has 1 aliphatic heterocycles. The first-order chi connectivity index (χ1) is 16.7. The summed E-state index contributed by atoms with van der Waals surface area (Å²) in [7, 11) is 2.74. The predicted octanol–water partition coefficient (Wildman–Crippen LogP) is 3.00. The van der Waals surface area contributed by atoms with Crippen molar-refractivity contribution in [2.24, 2.45) is 4.99 Å². The lowest BCUT2D eigenvalue weighted by molar-refractivity contribution is -0.136. The SMILES string of the molecule is COC(=O)C1=C(C)N=c2s/c(=C\c3ccc(OC(C)=O)c(OC)c3)c(=O)n2[C@H]1c1ccccc1Cl. The average Bonchev–Trinajstić information content (AvgIpc) is 3.13. The van der Waals surface area contributed by atoms with E-state index in [-0.39, 0.29) is 16.9 Å². The number of hydrogen-bond donors (Lipinski definition) is 0. The Morgan fingerprint density at radius 2 is 1.89 bits per heavy atom. The van der Waals surface area contributed by atoms with Gasteiger partial charge in [-0.05, 0) is 42.3 Å². The van der Waals surface area contributed by atoms with Crippen LogP contribution >= 0.6 is 22.9 Å². The van der Waals surface area contributed by atoms with Crippen LogP contribution < -0.4 is 24.4 Å². The maximum Gasteiger partial charge on any atom is 0.338 e. The molecule has 1 aliphatic rings. The number of allylic oxidation sites excluding steroid dienone is 1. The molecule has 4 rings (SSSR count). The van der Waals surface area contributed by atoms with E-state index >= 15 is 0 Å². The minimum Gasteiger partial charge on any atom is -0.493 e. The molecule has 0 radical (unpaired) electrons. The lowest BCUT2D eigenvalue weighted by Crippen LogP contribution is -2.39. The summed E-state index contributed by atoms with van der Waals surface area (Å²) in [6.45, 7) is 3.00. The molecule has 2 aromatic carbocycles. The molecule has 8 nitrogen and oxygen atoms in total. The van der Waals surface area contributed by atoms with Crippen LogP contribution in [0.2, 0.25) is 5.02 Å². The number of halogens is 1. The fourth-order valence-corrected chi connectivity index (χ4v) is 5.13. The number of hydrogen-bond acceptors (Lipinski definition) is 8. The standard InChI is InChI=1S/C25H21ClN2O6S/c1-13-21(24(31)33-4)22(16-7-5-6-8-17(16)26)28-23(30)20(35-25(28)27-13)12-15-9-10-18(34-14(2)29)19(11-15)32-3/h5-12,22H,1-4H3/b20-12-/t22-/m0/s1. The molecule has 0 spiro atoms. The van der Waals surface area contributed by atoms with Gasteiger partial charge in [0.1, 0.15) is 6.04 Å². The van der Waals surface area contributed by atoms with Crippen LogP contribution in [0.1, 0.15) is 31.0 Å². The molecule has 3 aromatic rings. The molecule has 1 aromatic heterocycles. The number of esters is 2. The number of aromatic nitrogens is 1. The van der Waals surface area contributed by atoms with Crippen molar-refractivity contribution in [1.29, 1.82) is 0 Å². The molecular formula is C25H21ClN2O6S. The number of benzene rings is 2. The van der Waals surface area contributed by atoms with E-state index in [1.807, 2.05) is 0 Å². The molecule has 35 heavy (non-hydrogen) atoms. The molecule has 0 amide bonds. The van der Waals surface area contributed by atoms with Gasteiger partial charge in [-0.2, -0.15) is 0 Å². The molecule has 0 unspecified atom stereocenters. The number of nitrogens with zero attached hydrogens (tertiary/aromatic N) is 2. The van der Waals surface area contributed by atoms with Gasteiger partial charge in [-0.15, -0.1) is 0 Å². The Balaban J connectivity index is 1.92. The van der Waals surface area contributed by atoms with Crippen molar-refractivity contribution in [1.82, 2.24) is 4.57 Å². The summed E-state index contributed by atoms with van der Waals surface area (Å²) in [6, 6.07) is 11.2. The van der Waals surface area contributed by atoms with Gasteiger partial charge in [0.15, 0.2) is 16.3 Å². The van der Waals surface area contributed by atoms with Crippen molar-refractivity contribution in [3.05, 3.63) is 89.6 Å². The fraction of sp³-hybridized carbons (Fsp3) is 0.200. The van der Waals surface area contributed by atoms with Crippen LogP contribution in [0.4, 0.5) is 0 Å². The second-order valence-electron chi connectivity index (χ2n) is 7.60. The van der Waals surface area contributed by atoms with Crippen LogP contribution in [0.3, 0.4) is 0 Å². The first kappa shape index (κ1) is 24.4. The van der Waals surface area contributed by atoms with Crippen LogP contribution in [-0.4, -0.2) is 30.7 Å². The Morgan fingerprint density at radius 1 is 1.14 bits per heavy atom. The third kappa shape index (κ3) is 4.65. The zero-order chi connectivity index (χ0) is 25.3. The molecule has 2 heterocycles. The quantitative estimate of drug-likeness (QED) is 0.385. The Kier molecular flexibility index (Phi) is 6.90. The normalized spacial score (nSPS) is 15.3. The first-order valence-corrected chi connectivity index (χ1v) is 11.7. The van der Waals surface area contributed by atoms with Gasteiger partial charge in [-0.1, -0.05) is 47.2 Å². The Labute approximate surface area is 209 Å². The zero-order valence-electron chi connectivity index (χ0n) is 19.3. The van der Waals surface area contributed by atoms with Gasteiger partial charge in [0.2, 0.25) is 0 Å². The molecule has 0 aliphatic carbocycles. The molecule has 1 atom stereocenters. The van der Waals surface area contributed by atoms with Crippen LogP contribution in [0.15, 0.2) is 63.5 Å². The number of methoxy groups -OCH3 is 2.